The van der Waals surface area contributed by atoms with Gasteiger partial charge in [-0.3, -0.25) is 0 Å². The van der Waals surface area contributed by atoms with Gasteiger partial charge in [0.05, 0.1) is 0 Å². The van der Waals surface area contributed by atoms with Crippen LogP contribution in [0, 0.1) is 11.8 Å². The lowest BCUT2D eigenvalue weighted by molar-refractivity contribution is 0.172. The maximum atomic E-state index is 3.58. The van der Waals surface area contributed by atoms with Gasteiger partial charge in [0.25, 0.3) is 0 Å². The molecule has 0 bridgehead atoms. The molecule has 2 atom stereocenters. The second kappa shape index (κ2) is 8.93. The SMILES string of the molecule is CC(C)CNCC(C)C(C)N(C)CCN1CCCC1. The molecule has 3 nitrogen and oxygen atoms in total. The molecule has 0 aromatic carbocycles. The molecule has 2 unspecified atom stereocenters. The summed E-state index contributed by atoms with van der Waals surface area (Å²) in [7, 11) is 2.28. The number of hydrogen-bond donors (Lipinski definition) is 1. The fourth-order valence-corrected chi connectivity index (χ4v) is 2.71. The van der Waals surface area contributed by atoms with Crippen LogP contribution in [0.5, 0.6) is 0 Å². The van der Waals surface area contributed by atoms with E-state index in [9.17, 15) is 0 Å². The quantitative estimate of drug-likeness (QED) is 0.693. The van der Waals surface area contributed by atoms with E-state index < -0.39 is 0 Å². The largest absolute Gasteiger partial charge is 0.316 e. The molecule has 19 heavy (non-hydrogen) atoms. The van der Waals surface area contributed by atoms with Gasteiger partial charge < -0.3 is 15.1 Å². The van der Waals surface area contributed by atoms with Gasteiger partial charge >= 0.3 is 0 Å². The Labute approximate surface area is 120 Å². The van der Waals surface area contributed by atoms with Crippen molar-refractivity contribution in [2.24, 2.45) is 11.8 Å². The van der Waals surface area contributed by atoms with Gasteiger partial charge in [0, 0.05) is 19.1 Å². The second-order valence-electron chi connectivity index (χ2n) is 6.80. The second-order valence-corrected chi connectivity index (χ2v) is 6.80. The highest BCUT2D eigenvalue weighted by atomic mass is 15.2. The van der Waals surface area contributed by atoms with Crippen LogP contribution in [0.25, 0.3) is 0 Å². The van der Waals surface area contributed by atoms with Crippen LogP contribution in [0.15, 0.2) is 0 Å². The van der Waals surface area contributed by atoms with E-state index in [4.69, 9.17) is 0 Å². The number of nitrogens with one attached hydrogen (secondary N) is 1. The summed E-state index contributed by atoms with van der Waals surface area (Å²) in [6.07, 6.45) is 2.80. The van der Waals surface area contributed by atoms with Crippen molar-refractivity contribution in [3.05, 3.63) is 0 Å². The minimum atomic E-state index is 0.655. The van der Waals surface area contributed by atoms with E-state index in [1.807, 2.05) is 0 Å². The highest BCUT2D eigenvalue weighted by Crippen LogP contribution is 2.10. The van der Waals surface area contributed by atoms with E-state index in [1.165, 1.54) is 39.0 Å². The van der Waals surface area contributed by atoms with Gasteiger partial charge in [0.1, 0.15) is 0 Å². The first kappa shape index (κ1) is 16.9. The molecular weight excluding hydrogens is 234 g/mol. The molecule has 3 heteroatoms. The van der Waals surface area contributed by atoms with E-state index in [0.29, 0.717) is 12.0 Å². The van der Waals surface area contributed by atoms with Crippen LogP contribution < -0.4 is 5.32 Å². The molecule has 0 aliphatic carbocycles. The Bertz CT molecular complexity index is 224. The van der Waals surface area contributed by atoms with Crippen molar-refractivity contribution in [1.29, 1.82) is 0 Å². The molecule has 1 rings (SSSR count). The van der Waals surface area contributed by atoms with Gasteiger partial charge in [-0.1, -0.05) is 20.8 Å². The molecule has 0 spiro atoms. The van der Waals surface area contributed by atoms with Crippen LogP contribution in [0.3, 0.4) is 0 Å². The lowest BCUT2D eigenvalue weighted by Crippen LogP contribution is -2.42. The lowest BCUT2D eigenvalue weighted by atomic mass is 10.0. The van der Waals surface area contributed by atoms with E-state index in [-0.39, 0.29) is 0 Å². The van der Waals surface area contributed by atoms with Crippen molar-refractivity contribution in [2.45, 2.75) is 46.6 Å². The third kappa shape index (κ3) is 6.73. The van der Waals surface area contributed by atoms with Gasteiger partial charge in [-0.05, 0) is 64.8 Å². The first-order chi connectivity index (χ1) is 9.00. The summed E-state index contributed by atoms with van der Waals surface area (Å²) in [5, 5.41) is 3.58. The standard InChI is InChI=1S/C16H35N3/c1-14(2)12-17-13-15(3)16(4)18(5)10-11-19-8-6-7-9-19/h14-17H,6-13H2,1-5H3. The van der Waals surface area contributed by atoms with Crippen molar-refractivity contribution >= 4 is 0 Å². The normalized spacial score (nSPS) is 20.4. The monoisotopic (exact) mass is 269 g/mol. The average molecular weight is 269 g/mol. The van der Waals surface area contributed by atoms with Crippen LogP contribution in [-0.2, 0) is 0 Å². The predicted molar refractivity (Wildman–Crippen MR) is 84.6 cm³/mol. The van der Waals surface area contributed by atoms with Gasteiger partial charge in [-0.2, -0.15) is 0 Å². The fourth-order valence-electron chi connectivity index (χ4n) is 2.71. The topological polar surface area (TPSA) is 18.5 Å². The fraction of sp³-hybridized carbons (Fsp3) is 1.00. The highest BCUT2D eigenvalue weighted by Gasteiger charge is 2.18. The molecule has 114 valence electrons. The Morgan fingerprint density at radius 2 is 1.68 bits per heavy atom. The number of nitrogens with zero attached hydrogens (tertiary/aromatic N) is 2. The van der Waals surface area contributed by atoms with E-state index in [2.05, 4.69) is 49.9 Å². The lowest BCUT2D eigenvalue weighted by Gasteiger charge is -2.31. The molecule has 0 radical (unpaired) electrons. The molecule has 0 aromatic heterocycles. The van der Waals surface area contributed by atoms with Gasteiger partial charge in [-0.15, -0.1) is 0 Å². The summed E-state index contributed by atoms with van der Waals surface area (Å²) < 4.78 is 0. The molecule has 1 fully saturated rings. The molecule has 0 saturated carbocycles. The number of hydrogen-bond acceptors (Lipinski definition) is 3. The summed E-state index contributed by atoms with van der Waals surface area (Å²) in [6.45, 7) is 16.6. The molecular formula is C16H35N3. The summed E-state index contributed by atoms with van der Waals surface area (Å²) in [5.74, 6) is 1.46. The van der Waals surface area contributed by atoms with E-state index in [0.717, 1.165) is 19.0 Å². The van der Waals surface area contributed by atoms with Crippen LogP contribution in [0.4, 0.5) is 0 Å². The molecule has 1 aliphatic heterocycles. The Morgan fingerprint density at radius 3 is 2.26 bits per heavy atom. The highest BCUT2D eigenvalue weighted by molar-refractivity contribution is 4.74. The van der Waals surface area contributed by atoms with Crippen molar-refractivity contribution in [3.63, 3.8) is 0 Å². The number of rotatable bonds is 9. The number of likely N-dealkylation sites (tertiary alicyclic amines) is 1. The Morgan fingerprint density at radius 1 is 1.05 bits per heavy atom. The Hall–Kier alpha value is -0.120. The third-order valence-electron chi connectivity index (χ3n) is 4.51. The molecule has 0 aromatic rings. The first-order valence-electron chi connectivity index (χ1n) is 8.14. The smallest absolute Gasteiger partial charge is 0.0109 e. The maximum Gasteiger partial charge on any atom is 0.0109 e. The molecule has 0 amide bonds. The molecule has 1 N–H and O–H groups in total. The number of likely N-dealkylation sites (N-methyl/N-ethyl adjacent to an activating group) is 1. The van der Waals surface area contributed by atoms with Crippen molar-refractivity contribution < 1.29 is 0 Å². The molecule has 1 saturated heterocycles. The predicted octanol–water partition coefficient (Wildman–Crippen LogP) is 2.28. The minimum absolute atomic E-state index is 0.655. The zero-order valence-electron chi connectivity index (χ0n) is 13.8. The zero-order valence-corrected chi connectivity index (χ0v) is 13.8. The van der Waals surface area contributed by atoms with E-state index >= 15 is 0 Å². The van der Waals surface area contributed by atoms with Crippen molar-refractivity contribution in [3.8, 4) is 0 Å². The van der Waals surface area contributed by atoms with Crippen LogP contribution in [0.2, 0.25) is 0 Å². The van der Waals surface area contributed by atoms with Crippen molar-refractivity contribution in [1.82, 2.24) is 15.1 Å². The molecule has 1 heterocycles. The zero-order chi connectivity index (χ0) is 14.3. The third-order valence-corrected chi connectivity index (χ3v) is 4.51. The van der Waals surface area contributed by atoms with Gasteiger partial charge in [0.15, 0.2) is 0 Å². The van der Waals surface area contributed by atoms with Gasteiger partial charge in [-0.25, -0.2) is 0 Å². The maximum absolute atomic E-state index is 3.58. The van der Waals surface area contributed by atoms with Crippen LogP contribution >= 0.6 is 0 Å². The Balaban J connectivity index is 2.16. The Kier molecular flexibility index (Phi) is 7.96. The average Bonchev–Trinajstić information content (AvgIpc) is 2.87. The minimum Gasteiger partial charge on any atom is -0.316 e. The van der Waals surface area contributed by atoms with Crippen LogP contribution in [0.1, 0.15) is 40.5 Å². The molecule has 1 aliphatic rings. The summed E-state index contributed by atoms with van der Waals surface area (Å²) in [6, 6.07) is 0.655. The summed E-state index contributed by atoms with van der Waals surface area (Å²) in [4.78, 5) is 5.13. The van der Waals surface area contributed by atoms with Crippen molar-refractivity contribution in [2.75, 3.05) is 46.3 Å². The summed E-state index contributed by atoms with van der Waals surface area (Å²) in [5.41, 5.74) is 0. The van der Waals surface area contributed by atoms with Gasteiger partial charge in [0.2, 0.25) is 0 Å². The van der Waals surface area contributed by atoms with E-state index in [1.54, 1.807) is 0 Å². The summed E-state index contributed by atoms with van der Waals surface area (Å²) >= 11 is 0. The first-order valence-corrected chi connectivity index (χ1v) is 8.14. The van der Waals surface area contributed by atoms with Crippen LogP contribution in [-0.4, -0.2) is 62.2 Å².